The van der Waals surface area contributed by atoms with Gasteiger partial charge in [-0.05, 0) is 31.6 Å². The maximum atomic E-state index is 10.2. The molecule has 0 heterocycles. The predicted molar refractivity (Wildman–Crippen MR) is 46.2 cm³/mol. The zero-order valence-electron chi connectivity index (χ0n) is 7.57. The average molecular weight is 188 g/mol. The normalized spacial score (nSPS) is 31.7. The van der Waals surface area contributed by atoms with Crippen LogP contribution in [0, 0.1) is 5.92 Å². The second-order valence-corrected chi connectivity index (χ2v) is 3.76. The van der Waals surface area contributed by atoms with E-state index in [2.05, 4.69) is 0 Å². The van der Waals surface area contributed by atoms with Gasteiger partial charge in [-0.15, -0.1) is 0 Å². The van der Waals surface area contributed by atoms with Crippen molar-refractivity contribution in [1.82, 2.24) is 0 Å². The second-order valence-electron chi connectivity index (χ2n) is 3.76. The molecule has 0 aliphatic heterocycles. The standard InChI is InChI=1S/C9H16O4/c10-5-1-4-9(13)6-7(9)2-3-8(11)12/h7,10,13H,1-6H2,(H,11,12). The molecule has 13 heavy (non-hydrogen) atoms. The Morgan fingerprint density at radius 3 is 2.77 bits per heavy atom. The van der Waals surface area contributed by atoms with Gasteiger partial charge in [0.25, 0.3) is 0 Å². The highest BCUT2D eigenvalue weighted by Crippen LogP contribution is 2.49. The minimum atomic E-state index is -0.809. The molecule has 2 atom stereocenters. The number of carboxylic acid groups (broad SMARTS) is 1. The molecule has 0 aromatic carbocycles. The summed E-state index contributed by atoms with van der Waals surface area (Å²) < 4.78 is 0. The van der Waals surface area contributed by atoms with Crippen LogP contribution in [0.2, 0.25) is 0 Å². The van der Waals surface area contributed by atoms with Crippen LogP contribution in [0.3, 0.4) is 0 Å². The van der Waals surface area contributed by atoms with Crippen LogP contribution in [0.25, 0.3) is 0 Å². The molecule has 4 nitrogen and oxygen atoms in total. The number of hydrogen-bond acceptors (Lipinski definition) is 3. The Kier molecular flexibility index (Phi) is 3.27. The van der Waals surface area contributed by atoms with Crippen molar-refractivity contribution in [2.24, 2.45) is 5.92 Å². The van der Waals surface area contributed by atoms with E-state index in [0.29, 0.717) is 25.7 Å². The highest BCUT2D eigenvalue weighted by Gasteiger charge is 2.51. The Morgan fingerprint density at radius 2 is 2.23 bits per heavy atom. The molecule has 0 aromatic heterocycles. The Hall–Kier alpha value is -0.610. The molecule has 1 rings (SSSR count). The van der Waals surface area contributed by atoms with Crippen LogP contribution in [0.1, 0.15) is 32.1 Å². The number of aliphatic carboxylic acids is 1. The van der Waals surface area contributed by atoms with Gasteiger partial charge in [0, 0.05) is 13.0 Å². The molecule has 1 aliphatic carbocycles. The summed E-state index contributed by atoms with van der Waals surface area (Å²) in [7, 11) is 0. The highest BCUT2D eigenvalue weighted by molar-refractivity contribution is 5.66. The summed E-state index contributed by atoms with van der Waals surface area (Å²) >= 11 is 0. The summed E-state index contributed by atoms with van der Waals surface area (Å²) in [4.78, 5) is 10.2. The van der Waals surface area contributed by atoms with Gasteiger partial charge in [0.2, 0.25) is 0 Å². The fourth-order valence-corrected chi connectivity index (χ4v) is 1.73. The van der Waals surface area contributed by atoms with Crippen molar-refractivity contribution in [3.05, 3.63) is 0 Å². The van der Waals surface area contributed by atoms with Crippen molar-refractivity contribution in [1.29, 1.82) is 0 Å². The molecule has 0 aromatic rings. The maximum Gasteiger partial charge on any atom is 0.303 e. The van der Waals surface area contributed by atoms with Crippen molar-refractivity contribution in [3.63, 3.8) is 0 Å². The fourth-order valence-electron chi connectivity index (χ4n) is 1.73. The first-order valence-electron chi connectivity index (χ1n) is 4.63. The Balaban J connectivity index is 2.15. The molecule has 0 amide bonds. The van der Waals surface area contributed by atoms with Gasteiger partial charge in [-0.2, -0.15) is 0 Å². The minimum Gasteiger partial charge on any atom is -0.481 e. The summed E-state index contributed by atoms with van der Waals surface area (Å²) in [6.07, 6.45) is 2.57. The van der Waals surface area contributed by atoms with Gasteiger partial charge >= 0.3 is 5.97 Å². The van der Waals surface area contributed by atoms with E-state index < -0.39 is 11.6 Å². The lowest BCUT2D eigenvalue weighted by Crippen LogP contribution is -2.12. The van der Waals surface area contributed by atoms with Crippen LogP contribution in [-0.2, 0) is 4.79 Å². The van der Waals surface area contributed by atoms with E-state index in [1.807, 2.05) is 0 Å². The molecule has 0 bridgehead atoms. The van der Waals surface area contributed by atoms with Crippen molar-refractivity contribution >= 4 is 5.97 Å². The highest BCUT2D eigenvalue weighted by atomic mass is 16.4. The number of hydrogen-bond donors (Lipinski definition) is 3. The molecule has 0 spiro atoms. The summed E-state index contributed by atoms with van der Waals surface area (Å²) in [6.45, 7) is 0.0912. The molecule has 1 saturated carbocycles. The van der Waals surface area contributed by atoms with Gasteiger partial charge in [-0.1, -0.05) is 0 Å². The molecule has 76 valence electrons. The zero-order valence-corrected chi connectivity index (χ0v) is 7.57. The predicted octanol–water partition coefficient (Wildman–Crippen LogP) is 0.375. The van der Waals surface area contributed by atoms with Gasteiger partial charge < -0.3 is 15.3 Å². The molecule has 2 unspecified atom stereocenters. The molecular formula is C9H16O4. The number of rotatable bonds is 6. The van der Waals surface area contributed by atoms with Gasteiger partial charge in [-0.25, -0.2) is 0 Å². The lowest BCUT2D eigenvalue weighted by molar-refractivity contribution is -0.137. The third-order valence-electron chi connectivity index (χ3n) is 2.67. The largest absolute Gasteiger partial charge is 0.481 e. The van der Waals surface area contributed by atoms with Crippen molar-refractivity contribution < 1.29 is 20.1 Å². The lowest BCUT2D eigenvalue weighted by Gasteiger charge is -2.07. The summed E-state index contributed by atoms with van der Waals surface area (Å²) in [5.41, 5.74) is -0.668. The molecular weight excluding hydrogens is 172 g/mol. The van der Waals surface area contributed by atoms with E-state index in [0.717, 1.165) is 0 Å². The third-order valence-corrected chi connectivity index (χ3v) is 2.67. The number of carboxylic acids is 1. The van der Waals surface area contributed by atoms with Gasteiger partial charge in [0.05, 0.1) is 5.60 Å². The SMILES string of the molecule is O=C(O)CCC1CC1(O)CCCO. The molecule has 3 N–H and O–H groups in total. The van der Waals surface area contributed by atoms with Gasteiger partial charge in [-0.3, -0.25) is 4.79 Å². The van der Waals surface area contributed by atoms with Gasteiger partial charge in [0.15, 0.2) is 0 Å². The zero-order chi connectivity index (χ0) is 9.90. The fraction of sp³-hybridized carbons (Fsp3) is 0.889. The van der Waals surface area contributed by atoms with Crippen molar-refractivity contribution in [2.75, 3.05) is 6.61 Å². The first kappa shape index (κ1) is 10.5. The molecule has 1 fully saturated rings. The van der Waals surface area contributed by atoms with Crippen LogP contribution in [0.15, 0.2) is 0 Å². The van der Waals surface area contributed by atoms with Crippen molar-refractivity contribution in [3.8, 4) is 0 Å². The van der Waals surface area contributed by atoms with E-state index in [9.17, 15) is 9.90 Å². The van der Waals surface area contributed by atoms with E-state index in [4.69, 9.17) is 10.2 Å². The van der Waals surface area contributed by atoms with Crippen LogP contribution in [0.5, 0.6) is 0 Å². The van der Waals surface area contributed by atoms with E-state index in [-0.39, 0.29) is 18.9 Å². The summed E-state index contributed by atoms with van der Waals surface area (Å²) in [6, 6.07) is 0. The Morgan fingerprint density at radius 1 is 1.54 bits per heavy atom. The molecule has 4 heteroatoms. The second kappa shape index (κ2) is 4.07. The number of aliphatic hydroxyl groups is 2. The Bertz CT molecular complexity index is 192. The van der Waals surface area contributed by atoms with Crippen LogP contribution >= 0.6 is 0 Å². The topological polar surface area (TPSA) is 77.8 Å². The number of aliphatic hydroxyl groups excluding tert-OH is 1. The first-order chi connectivity index (χ1) is 6.08. The monoisotopic (exact) mass is 188 g/mol. The Labute approximate surface area is 77.2 Å². The molecule has 0 radical (unpaired) electrons. The van der Waals surface area contributed by atoms with E-state index in [1.165, 1.54) is 0 Å². The quantitative estimate of drug-likeness (QED) is 0.563. The average Bonchev–Trinajstić information content (AvgIpc) is 2.71. The van der Waals surface area contributed by atoms with Crippen molar-refractivity contribution in [2.45, 2.75) is 37.7 Å². The van der Waals surface area contributed by atoms with Crippen LogP contribution in [0.4, 0.5) is 0 Å². The van der Waals surface area contributed by atoms with E-state index in [1.54, 1.807) is 0 Å². The van der Waals surface area contributed by atoms with Gasteiger partial charge in [0.1, 0.15) is 0 Å². The minimum absolute atomic E-state index is 0.0912. The maximum absolute atomic E-state index is 10.2. The smallest absolute Gasteiger partial charge is 0.303 e. The third kappa shape index (κ3) is 2.97. The summed E-state index contributed by atoms with van der Waals surface area (Å²) in [5, 5.41) is 26.7. The lowest BCUT2D eigenvalue weighted by atomic mass is 10.1. The molecule has 0 saturated heterocycles. The summed E-state index contributed by atoms with van der Waals surface area (Å²) in [5.74, 6) is -0.674. The first-order valence-corrected chi connectivity index (χ1v) is 4.63. The van der Waals surface area contributed by atoms with Crippen LogP contribution < -0.4 is 0 Å². The molecule has 1 aliphatic rings. The number of carbonyl (C=O) groups is 1. The van der Waals surface area contributed by atoms with E-state index >= 15 is 0 Å². The van der Waals surface area contributed by atoms with Crippen LogP contribution in [-0.4, -0.2) is 33.5 Å².